The predicted octanol–water partition coefficient (Wildman–Crippen LogP) is 4.98. The zero-order valence-electron chi connectivity index (χ0n) is 11.1. The monoisotopic (exact) mass is 280 g/mol. The molecule has 0 spiro atoms. The molecule has 0 fully saturated rings. The van der Waals surface area contributed by atoms with Crippen molar-refractivity contribution in [2.45, 2.75) is 11.5 Å². The molecule has 0 aliphatic heterocycles. The standard InChI is InChI=1S/C18H16OS/c19-17-10-8-14(9-11-17)12-20-13-16-6-3-5-15-4-1-2-7-18(15)16/h1-11,19H,12-13H2. The van der Waals surface area contributed by atoms with Gasteiger partial charge in [-0.1, -0.05) is 54.6 Å². The molecular weight excluding hydrogens is 264 g/mol. The molecule has 0 heterocycles. The van der Waals surface area contributed by atoms with Crippen LogP contribution in [0.2, 0.25) is 0 Å². The number of phenolic OH excluding ortho intramolecular Hbond substituents is 1. The normalized spacial score (nSPS) is 10.8. The number of hydrogen-bond donors (Lipinski definition) is 1. The van der Waals surface area contributed by atoms with Gasteiger partial charge in [0.1, 0.15) is 5.75 Å². The van der Waals surface area contributed by atoms with E-state index >= 15 is 0 Å². The Balaban J connectivity index is 1.69. The lowest BCUT2D eigenvalue weighted by molar-refractivity contribution is 0.475. The Morgan fingerprint density at radius 1 is 0.750 bits per heavy atom. The summed E-state index contributed by atoms with van der Waals surface area (Å²) in [6.45, 7) is 0. The second-order valence-electron chi connectivity index (χ2n) is 4.80. The third kappa shape index (κ3) is 2.97. The van der Waals surface area contributed by atoms with Gasteiger partial charge in [-0.25, -0.2) is 0 Å². The molecule has 2 heteroatoms. The van der Waals surface area contributed by atoms with E-state index in [-0.39, 0.29) is 0 Å². The van der Waals surface area contributed by atoms with Crippen molar-refractivity contribution in [2.24, 2.45) is 0 Å². The molecule has 0 atom stereocenters. The highest BCUT2D eigenvalue weighted by Crippen LogP contribution is 2.25. The van der Waals surface area contributed by atoms with Crippen molar-refractivity contribution in [1.29, 1.82) is 0 Å². The van der Waals surface area contributed by atoms with E-state index < -0.39 is 0 Å². The fourth-order valence-corrected chi connectivity index (χ4v) is 3.29. The van der Waals surface area contributed by atoms with Crippen LogP contribution >= 0.6 is 11.8 Å². The fraction of sp³-hybridized carbons (Fsp3) is 0.111. The topological polar surface area (TPSA) is 20.2 Å². The summed E-state index contributed by atoms with van der Waals surface area (Å²) in [6, 6.07) is 22.4. The first kappa shape index (κ1) is 13.1. The maximum Gasteiger partial charge on any atom is 0.115 e. The van der Waals surface area contributed by atoms with Gasteiger partial charge in [-0.15, -0.1) is 0 Å². The molecule has 100 valence electrons. The van der Waals surface area contributed by atoms with Gasteiger partial charge in [-0.3, -0.25) is 0 Å². The minimum Gasteiger partial charge on any atom is -0.508 e. The number of phenols is 1. The Labute approximate surface area is 123 Å². The summed E-state index contributed by atoms with van der Waals surface area (Å²) in [5.41, 5.74) is 2.62. The summed E-state index contributed by atoms with van der Waals surface area (Å²) < 4.78 is 0. The van der Waals surface area contributed by atoms with E-state index in [0.29, 0.717) is 5.75 Å². The summed E-state index contributed by atoms with van der Waals surface area (Å²) in [5.74, 6) is 2.29. The molecule has 0 radical (unpaired) electrons. The number of benzene rings is 3. The lowest BCUT2D eigenvalue weighted by Crippen LogP contribution is -1.85. The third-order valence-electron chi connectivity index (χ3n) is 3.34. The maximum atomic E-state index is 9.27. The Kier molecular flexibility index (Phi) is 3.93. The number of rotatable bonds is 4. The van der Waals surface area contributed by atoms with Crippen molar-refractivity contribution in [1.82, 2.24) is 0 Å². The van der Waals surface area contributed by atoms with Gasteiger partial charge in [0.2, 0.25) is 0 Å². The van der Waals surface area contributed by atoms with Crippen LogP contribution in [0.15, 0.2) is 66.7 Å². The first-order valence-corrected chi connectivity index (χ1v) is 7.81. The molecular formula is C18H16OS. The minimum atomic E-state index is 0.327. The molecule has 0 saturated heterocycles. The van der Waals surface area contributed by atoms with Gasteiger partial charge in [0.25, 0.3) is 0 Å². The number of thioether (sulfide) groups is 1. The molecule has 3 aromatic rings. The van der Waals surface area contributed by atoms with Crippen LogP contribution in [0, 0.1) is 0 Å². The number of aromatic hydroxyl groups is 1. The van der Waals surface area contributed by atoms with Gasteiger partial charge >= 0.3 is 0 Å². The molecule has 0 aliphatic carbocycles. The predicted molar refractivity (Wildman–Crippen MR) is 87.1 cm³/mol. The molecule has 3 rings (SSSR count). The quantitative estimate of drug-likeness (QED) is 0.727. The lowest BCUT2D eigenvalue weighted by atomic mass is 10.1. The van der Waals surface area contributed by atoms with Crippen molar-refractivity contribution in [2.75, 3.05) is 0 Å². The van der Waals surface area contributed by atoms with Crippen LogP contribution in [-0.2, 0) is 11.5 Å². The molecule has 1 N–H and O–H groups in total. The van der Waals surface area contributed by atoms with Crippen LogP contribution in [0.25, 0.3) is 10.8 Å². The minimum absolute atomic E-state index is 0.327. The highest BCUT2D eigenvalue weighted by atomic mass is 32.2. The Morgan fingerprint density at radius 3 is 2.35 bits per heavy atom. The van der Waals surface area contributed by atoms with E-state index in [2.05, 4.69) is 42.5 Å². The molecule has 0 saturated carbocycles. The molecule has 3 aromatic carbocycles. The highest BCUT2D eigenvalue weighted by Gasteiger charge is 2.01. The van der Waals surface area contributed by atoms with E-state index in [1.54, 1.807) is 12.1 Å². The van der Waals surface area contributed by atoms with Crippen LogP contribution in [0.3, 0.4) is 0 Å². The molecule has 0 amide bonds. The average Bonchev–Trinajstić information content (AvgIpc) is 2.49. The van der Waals surface area contributed by atoms with Crippen LogP contribution in [0.5, 0.6) is 5.75 Å². The van der Waals surface area contributed by atoms with Crippen LogP contribution in [-0.4, -0.2) is 5.11 Å². The molecule has 1 nitrogen and oxygen atoms in total. The van der Waals surface area contributed by atoms with Gasteiger partial charge in [-0.05, 0) is 34.0 Å². The Morgan fingerprint density at radius 2 is 1.50 bits per heavy atom. The third-order valence-corrected chi connectivity index (χ3v) is 4.40. The summed E-state index contributed by atoms with van der Waals surface area (Å²) in [5, 5.41) is 11.9. The molecule has 0 bridgehead atoms. The van der Waals surface area contributed by atoms with Crippen molar-refractivity contribution < 1.29 is 5.11 Å². The average molecular weight is 280 g/mol. The molecule has 0 unspecified atom stereocenters. The molecule has 0 aliphatic rings. The van der Waals surface area contributed by atoms with E-state index in [9.17, 15) is 5.11 Å². The summed E-state index contributed by atoms with van der Waals surface area (Å²) in [7, 11) is 0. The second kappa shape index (κ2) is 6.02. The SMILES string of the molecule is Oc1ccc(CSCc2cccc3ccccc23)cc1. The fourth-order valence-electron chi connectivity index (χ4n) is 2.29. The van der Waals surface area contributed by atoms with Gasteiger partial charge in [0.15, 0.2) is 0 Å². The largest absolute Gasteiger partial charge is 0.508 e. The zero-order valence-corrected chi connectivity index (χ0v) is 11.9. The van der Waals surface area contributed by atoms with Gasteiger partial charge in [0, 0.05) is 11.5 Å². The smallest absolute Gasteiger partial charge is 0.115 e. The van der Waals surface area contributed by atoms with Crippen molar-refractivity contribution in [3.63, 3.8) is 0 Å². The number of hydrogen-bond acceptors (Lipinski definition) is 2. The van der Waals surface area contributed by atoms with Crippen LogP contribution in [0.4, 0.5) is 0 Å². The maximum absolute atomic E-state index is 9.27. The second-order valence-corrected chi connectivity index (χ2v) is 5.78. The zero-order chi connectivity index (χ0) is 13.8. The van der Waals surface area contributed by atoms with Crippen molar-refractivity contribution in [3.8, 4) is 5.75 Å². The Bertz CT molecular complexity index is 699. The lowest BCUT2D eigenvalue weighted by Gasteiger charge is -2.06. The van der Waals surface area contributed by atoms with Crippen LogP contribution < -0.4 is 0 Å². The Hall–Kier alpha value is -1.93. The van der Waals surface area contributed by atoms with E-state index in [1.807, 2.05) is 23.9 Å². The summed E-state index contributed by atoms with van der Waals surface area (Å²) in [6.07, 6.45) is 0. The summed E-state index contributed by atoms with van der Waals surface area (Å²) in [4.78, 5) is 0. The van der Waals surface area contributed by atoms with Crippen molar-refractivity contribution >= 4 is 22.5 Å². The van der Waals surface area contributed by atoms with Crippen molar-refractivity contribution in [3.05, 3.63) is 77.9 Å². The highest BCUT2D eigenvalue weighted by molar-refractivity contribution is 7.97. The summed E-state index contributed by atoms with van der Waals surface area (Å²) >= 11 is 1.90. The van der Waals surface area contributed by atoms with E-state index in [4.69, 9.17) is 0 Å². The molecule has 0 aromatic heterocycles. The van der Waals surface area contributed by atoms with Crippen LogP contribution in [0.1, 0.15) is 11.1 Å². The van der Waals surface area contributed by atoms with E-state index in [1.165, 1.54) is 21.9 Å². The van der Waals surface area contributed by atoms with E-state index in [0.717, 1.165) is 11.5 Å². The van der Waals surface area contributed by atoms with Gasteiger partial charge in [0.05, 0.1) is 0 Å². The molecule has 20 heavy (non-hydrogen) atoms. The first-order valence-electron chi connectivity index (χ1n) is 6.65. The van der Waals surface area contributed by atoms with Gasteiger partial charge in [-0.2, -0.15) is 11.8 Å². The number of fused-ring (bicyclic) bond motifs is 1. The first-order chi connectivity index (χ1) is 9.83. The van der Waals surface area contributed by atoms with Gasteiger partial charge < -0.3 is 5.11 Å².